The first kappa shape index (κ1) is 17.0. The lowest BCUT2D eigenvalue weighted by molar-refractivity contribution is -0.117. The van der Waals surface area contributed by atoms with Gasteiger partial charge in [-0.25, -0.2) is 0 Å². The number of amides is 1. The van der Waals surface area contributed by atoms with Crippen LogP contribution in [0.3, 0.4) is 0 Å². The molecule has 2 aromatic carbocycles. The predicted molar refractivity (Wildman–Crippen MR) is 99.6 cm³/mol. The number of benzene rings is 2. The van der Waals surface area contributed by atoms with E-state index >= 15 is 0 Å². The Morgan fingerprint density at radius 1 is 1.08 bits per heavy atom. The molecule has 128 valence electrons. The van der Waals surface area contributed by atoms with Crippen LogP contribution in [-0.2, 0) is 4.79 Å². The van der Waals surface area contributed by atoms with Gasteiger partial charge < -0.3 is 10.2 Å². The van der Waals surface area contributed by atoms with Gasteiger partial charge >= 0.3 is 0 Å². The molecule has 0 aromatic heterocycles. The highest BCUT2D eigenvalue weighted by atomic mass is 16.2. The van der Waals surface area contributed by atoms with Gasteiger partial charge in [-0.3, -0.25) is 9.69 Å². The maximum atomic E-state index is 12.2. The Balaban J connectivity index is 1.49. The second kappa shape index (κ2) is 7.82. The number of nitriles is 1. The molecule has 2 aromatic rings. The Morgan fingerprint density at radius 2 is 1.76 bits per heavy atom. The SMILES string of the molecule is Cc1ccccc1N1CCN(CC(=O)Nc2ccc(C#N)cc2)CC1. The number of rotatable bonds is 4. The Hall–Kier alpha value is -2.84. The average molecular weight is 334 g/mol. The van der Waals surface area contributed by atoms with Crippen molar-refractivity contribution in [2.45, 2.75) is 6.92 Å². The van der Waals surface area contributed by atoms with Gasteiger partial charge in [-0.1, -0.05) is 18.2 Å². The van der Waals surface area contributed by atoms with E-state index in [2.05, 4.69) is 52.4 Å². The number of carbonyl (C=O) groups is 1. The molecular formula is C20H22N4O. The normalized spacial score (nSPS) is 14.8. The van der Waals surface area contributed by atoms with Crippen LogP contribution in [0.5, 0.6) is 0 Å². The number of para-hydroxylation sites is 1. The Bertz CT molecular complexity index is 771. The number of hydrogen-bond acceptors (Lipinski definition) is 4. The maximum Gasteiger partial charge on any atom is 0.238 e. The van der Waals surface area contributed by atoms with Crippen LogP contribution in [0.25, 0.3) is 0 Å². The van der Waals surface area contributed by atoms with E-state index in [4.69, 9.17) is 5.26 Å². The average Bonchev–Trinajstić information content (AvgIpc) is 2.63. The van der Waals surface area contributed by atoms with Crippen LogP contribution in [0, 0.1) is 18.3 Å². The van der Waals surface area contributed by atoms with Crippen LogP contribution in [-0.4, -0.2) is 43.5 Å². The molecule has 1 saturated heterocycles. The summed E-state index contributed by atoms with van der Waals surface area (Å²) in [6.07, 6.45) is 0. The van der Waals surface area contributed by atoms with E-state index in [9.17, 15) is 4.79 Å². The topological polar surface area (TPSA) is 59.4 Å². The van der Waals surface area contributed by atoms with Crippen LogP contribution < -0.4 is 10.2 Å². The molecule has 0 spiro atoms. The number of nitrogens with zero attached hydrogens (tertiary/aromatic N) is 3. The fourth-order valence-corrected chi connectivity index (χ4v) is 3.10. The number of anilines is 2. The van der Waals surface area contributed by atoms with Gasteiger partial charge in [0, 0.05) is 37.6 Å². The summed E-state index contributed by atoms with van der Waals surface area (Å²) in [5, 5.41) is 11.7. The number of carbonyl (C=O) groups excluding carboxylic acids is 1. The molecule has 1 aliphatic heterocycles. The van der Waals surface area contributed by atoms with Gasteiger partial charge in [0.2, 0.25) is 5.91 Å². The molecule has 1 amide bonds. The summed E-state index contributed by atoms with van der Waals surface area (Å²) in [7, 11) is 0. The standard InChI is InChI=1S/C20H22N4O/c1-16-4-2-3-5-19(16)24-12-10-23(11-13-24)15-20(25)22-18-8-6-17(14-21)7-9-18/h2-9H,10-13,15H2,1H3,(H,22,25). The summed E-state index contributed by atoms with van der Waals surface area (Å²) < 4.78 is 0. The van der Waals surface area contributed by atoms with Crippen molar-refractivity contribution in [2.24, 2.45) is 0 Å². The van der Waals surface area contributed by atoms with Gasteiger partial charge in [0.15, 0.2) is 0 Å². The van der Waals surface area contributed by atoms with E-state index in [0.717, 1.165) is 31.9 Å². The smallest absolute Gasteiger partial charge is 0.238 e. The number of piperazine rings is 1. The molecule has 0 bridgehead atoms. The third kappa shape index (κ3) is 4.37. The molecule has 25 heavy (non-hydrogen) atoms. The maximum absolute atomic E-state index is 12.2. The summed E-state index contributed by atoms with van der Waals surface area (Å²) in [5.74, 6) is -0.0194. The fourth-order valence-electron chi connectivity index (χ4n) is 3.10. The van der Waals surface area contributed by atoms with Gasteiger partial charge in [-0.05, 0) is 42.8 Å². The van der Waals surface area contributed by atoms with Crippen LogP contribution >= 0.6 is 0 Å². The van der Waals surface area contributed by atoms with Gasteiger partial charge in [0.05, 0.1) is 18.2 Å². The van der Waals surface area contributed by atoms with Crippen LogP contribution in [0.4, 0.5) is 11.4 Å². The summed E-state index contributed by atoms with van der Waals surface area (Å²) in [5.41, 5.74) is 3.88. The van der Waals surface area contributed by atoms with E-state index in [1.807, 2.05) is 0 Å². The zero-order valence-corrected chi connectivity index (χ0v) is 14.4. The summed E-state index contributed by atoms with van der Waals surface area (Å²) >= 11 is 0. The summed E-state index contributed by atoms with van der Waals surface area (Å²) in [6.45, 7) is 6.11. The predicted octanol–water partition coefficient (Wildman–Crippen LogP) is 2.63. The molecule has 1 heterocycles. The molecule has 0 unspecified atom stereocenters. The minimum absolute atomic E-state index is 0.0194. The van der Waals surface area contributed by atoms with E-state index < -0.39 is 0 Å². The molecule has 1 fully saturated rings. The Morgan fingerprint density at radius 3 is 2.40 bits per heavy atom. The first-order valence-corrected chi connectivity index (χ1v) is 8.48. The Kier molecular flexibility index (Phi) is 5.32. The quantitative estimate of drug-likeness (QED) is 0.934. The van der Waals surface area contributed by atoms with Gasteiger partial charge in [0.25, 0.3) is 0 Å². The molecule has 5 nitrogen and oxygen atoms in total. The number of hydrogen-bond donors (Lipinski definition) is 1. The minimum Gasteiger partial charge on any atom is -0.369 e. The lowest BCUT2D eigenvalue weighted by atomic mass is 10.1. The summed E-state index contributed by atoms with van der Waals surface area (Å²) in [4.78, 5) is 16.8. The molecule has 0 radical (unpaired) electrons. The largest absolute Gasteiger partial charge is 0.369 e. The molecule has 1 N–H and O–H groups in total. The first-order valence-electron chi connectivity index (χ1n) is 8.48. The van der Waals surface area contributed by atoms with E-state index in [0.29, 0.717) is 12.1 Å². The lowest BCUT2D eigenvalue weighted by Gasteiger charge is -2.36. The van der Waals surface area contributed by atoms with Gasteiger partial charge in [-0.2, -0.15) is 5.26 Å². The molecule has 1 aliphatic rings. The van der Waals surface area contributed by atoms with Crippen LogP contribution in [0.1, 0.15) is 11.1 Å². The van der Waals surface area contributed by atoms with Crippen molar-refractivity contribution in [2.75, 3.05) is 42.9 Å². The lowest BCUT2D eigenvalue weighted by Crippen LogP contribution is -2.48. The fraction of sp³-hybridized carbons (Fsp3) is 0.300. The van der Waals surface area contributed by atoms with E-state index in [1.165, 1.54) is 11.3 Å². The number of aryl methyl sites for hydroxylation is 1. The third-order valence-electron chi connectivity index (χ3n) is 4.49. The van der Waals surface area contributed by atoms with Crippen molar-refractivity contribution in [1.82, 2.24) is 4.90 Å². The van der Waals surface area contributed by atoms with Crippen LogP contribution in [0.15, 0.2) is 48.5 Å². The second-order valence-electron chi connectivity index (χ2n) is 6.29. The van der Waals surface area contributed by atoms with E-state index in [-0.39, 0.29) is 5.91 Å². The van der Waals surface area contributed by atoms with Crippen molar-refractivity contribution >= 4 is 17.3 Å². The highest BCUT2D eigenvalue weighted by Crippen LogP contribution is 2.20. The monoisotopic (exact) mass is 334 g/mol. The second-order valence-corrected chi connectivity index (χ2v) is 6.29. The third-order valence-corrected chi connectivity index (χ3v) is 4.49. The van der Waals surface area contributed by atoms with Crippen molar-refractivity contribution in [1.29, 1.82) is 5.26 Å². The number of nitrogens with one attached hydrogen (secondary N) is 1. The zero-order valence-electron chi connectivity index (χ0n) is 14.4. The minimum atomic E-state index is -0.0194. The van der Waals surface area contributed by atoms with Crippen molar-refractivity contribution in [3.8, 4) is 6.07 Å². The van der Waals surface area contributed by atoms with Crippen molar-refractivity contribution in [3.63, 3.8) is 0 Å². The molecule has 3 rings (SSSR count). The highest BCUT2D eigenvalue weighted by Gasteiger charge is 2.20. The highest BCUT2D eigenvalue weighted by molar-refractivity contribution is 5.92. The van der Waals surface area contributed by atoms with Crippen molar-refractivity contribution in [3.05, 3.63) is 59.7 Å². The zero-order chi connectivity index (χ0) is 17.6. The van der Waals surface area contributed by atoms with Crippen molar-refractivity contribution < 1.29 is 4.79 Å². The van der Waals surface area contributed by atoms with Gasteiger partial charge in [-0.15, -0.1) is 0 Å². The van der Waals surface area contributed by atoms with Crippen LogP contribution in [0.2, 0.25) is 0 Å². The Labute approximate surface area is 148 Å². The molecule has 0 aliphatic carbocycles. The molecular weight excluding hydrogens is 312 g/mol. The summed E-state index contributed by atoms with van der Waals surface area (Å²) in [6, 6.07) is 17.4. The van der Waals surface area contributed by atoms with Gasteiger partial charge in [0.1, 0.15) is 0 Å². The molecule has 5 heteroatoms. The molecule has 0 atom stereocenters. The first-order chi connectivity index (χ1) is 12.2. The molecule has 0 saturated carbocycles. The van der Waals surface area contributed by atoms with E-state index in [1.54, 1.807) is 24.3 Å².